The lowest BCUT2D eigenvalue weighted by Crippen LogP contribution is -2.34. The molecule has 1 aliphatic heterocycles. The van der Waals surface area contributed by atoms with Gasteiger partial charge in [-0.1, -0.05) is 13.8 Å². The Bertz CT molecular complexity index is 1490. The summed E-state index contributed by atoms with van der Waals surface area (Å²) in [4.78, 5) is 11.2. The van der Waals surface area contributed by atoms with E-state index in [-0.39, 0.29) is 16.5 Å². The summed E-state index contributed by atoms with van der Waals surface area (Å²) >= 11 is 0. The number of nitrogens with one attached hydrogen (secondary N) is 1. The summed E-state index contributed by atoms with van der Waals surface area (Å²) in [5.74, 6) is 1.56. The number of sulfone groups is 1. The molecule has 0 bridgehead atoms. The lowest BCUT2D eigenvalue weighted by molar-refractivity contribution is 0.477. The molecule has 0 aliphatic carbocycles. The molecule has 1 N–H and O–H groups in total. The minimum Gasteiger partial charge on any atom is -0.350 e. The highest BCUT2D eigenvalue weighted by molar-refractivity contribution is 7.90. The molecule has 5 rings (SSSR count). The van der Waals surface area contributed by atoms with Crippen LogP contribution in [-0.2, 0) is 9.84 Å². The molecular weight excluding hydrogens is 481 g/mol. The predicted octanol–water partition coefficient (Wildman–Crippen LogP) is 4.31. The zero-order valence-electron chi connectivity index (χ0n) is 20.4. The van der Waals surface area contributed by atoms with Crippen LogP contribution in [-0.4, -0.2) is 52.3 Å². The van der Waals surface area contributed by atoms with Crippen molar-refractivity contribution in [2.24, 2.45) is 0 Å². The Morgan fingerprint density at radius 1 is 1.06 bits per heavy atom. The van der Waals surface area contributed by atoms with Crippen LogP contribution in [0.15, 0.2) is 53.8 Å². The van der Waals surface area contributed by atoms with Gasteiger partial charge in [0.2, 0.25) is 5.95 Å². The van der Waals surface area contributed by atoms with Crippen LogP contribution in [0.25, 0.3) is 5.65 Å². The molecule has 11 heteroatoms. The van der Waals surface area contributed by atoms with Crippen LogP contribution in [0.5, 0.6) is 0 Å². The van der Waals surface area contributed by atoms with Crippen LogP contribution in [0.2, 0.25) is 0 Å². The van der Waals surface area contributed by atoms with Gasteiger partial charge in [-0.2, -0.15) is 0 Å². The van der Waals surface area contributed by atoms with Crippen molar-refractivity contribution in [3.63, 3.8) is 0 Å². The monoisotopic (exact) mass is 509 g/mol. The third kappa shape index (κ3) is 4.75. The van der Waals surface area contributed by atoms with Gasteiger partial charge in [-0.25, -0.2) is 22.8 Å². The molecule has 36 heavy (non-hydrogen) atoms. The van der Waals surface area contributed by atoms with E-state index >= 15 is 0 Å². The maximum atomic E-state index is 14.6. The van der Waals surface area contributed by atoms with Crippen molar-refractivity contribution in [2.45, 2.75) is 43.4 Å². The third-order valence-electron chi connectivity index (χ3n) is 6.57. The molecule has 0 unspecified atom stereocenters. The first-order chi connectivity index (χ1) is 17.2. The summed E-state index contributed by atoms with van der Waals surface area (Å²) in [7, 11) is -3.49. The Labute approximate surface area is 209 Å². The number of hydrogen-bond donors (Lipinski definition) is 1. The molecule has 4 heterocycles. The second kappa shape index (κ2) is 9.45. The Balaban J connectivity index is 1.32. The number of nitrogens with zero attached hydrogens (tertiary/aromatic N) is 6. The summed E-state index contributed by atoms with van der Waals surface area (Å²) in [6, 6.07) is 7.45. The van der Waals surface area contributed by atoms with Crippen LogP contribution in [0.1, 0.15) is 49.9 Å². The van der Waals surface area contributed by atoms with Gasteiger partial charge in [0.1, 0.15) is 11.6 Å². The van der Waals surface area contributed by atoms with E-state index in [1.807, 2.05) is 29.1 Å². The molecule has 4 aromatic rings. The van der Waals surface area contributed by atoms with E-state index < -0.39 is 15.7 Å². The maximum Gasteiger partial charge on any atom is 0.225 e. The highest BCUT2D eigenvalue weighted by Gasteiger charge is 2.26. The van der Waals surface area contributed by atoms with Crippen molar-refractivity contribution >= 4 is 32.8 Å². The molecule has 188 valence electrons. The zero-order valence-corrected chi connectivity index (χ0v) is 21.2. The van der Waals surface area contributed by atoms with Gasteiger partial charge < -0.3 is 10.2 Å². The largest absolute Gasteiger partial charge is 0.350 e. The molecule has 0 radical (unpaired) electrons. The van der Waals surface area contributed by atoms with Gasteiger partial charge in [-0.15, -0.1) is 10.2 Å². The molecule has 9 nitrogen and oxygen atoms in total. The molecule has 0 saturated carbocycles. The molecule has 1 aliphatic rings. The van der Waals surface area contributed by atoms with Gasteiger partial charge in [0, 0.05) is 43.9 Å². The van der Waals surface area contributed by atoms with Crippen molar-refractivity contribution in [3.05, 3.63) is 66.1 Å². The third-order valence-corrected chi connectivity index (χ3v) is 7.68. The van der Waals surface area contributed by atoms with E-state index in [2.05, 4.69) is 44.2 Å². The first-order valence-corrected chi connectivity index (χ1v) is 13.8. The maximum absolute atomic E-state index is 14.6. The van der Waals surface area contributed by atoms with E-state index in [9.17, 15) is 12.8 Å². The molecule has 1 fully saturated rings. The van der Waals surface area contributed by atoms with Crippen LogP contribution in [0.4, 0.5) is 21.7 Å². The van der Waals surface area contributed by atoms with Crippen LogP contribution < -0.4 is 10.2 Å². The van der Waals surface area contributed by atoms with Gasteiger partial charge in [-0.3, -0.25) is 4.40 Å². The number of hydrogen-bond acceptors (Lipinski definition) is 8. The van der Waals surface area contributed by atoms with Crippen LogP contribution in [0, 0.1) is 5.82 Å². The minimum atomic E-state index is -3.49. The average Bonchev–Trinajstić information content (AvgIpc) is 3.30. The second-order valence-corrected chi connectivity index (χ2v) is 11.5. The van der Waals surface area contributed by atoms with Gasteiger partial charge >= 0.3 is 0 Å². The van der Waals surface area contributed by atoms with E-state index in [4.69, 9.17) is 0 Å². The van der Waals surface area contributed by atoms with Crippen molar-refractivity contribution in [2.75, 3.05) is 29.6 Å². The Morgan fingerprint density at radius 2 is 1.78 bits per heavy atom. The predicted molar refractivity (Wildman–Crippen MR) is 136 cm³/mol. The Kier molecular flexibility index (Phi) is 6.33. The first kappa shape index (κ1) is 24.1. The molecule has 0 spiro atoms. The first-order valence-electron chi connectivity index (χ1n) is 11.9. The quantitative estimate of drug-likeness (QED) is 0.410. The summed E-state index contributed by atoms with van der Waals surface area (Å²) in [6.45, 7) is 5.88. The van der Waals surface area contributed by atoms with Crippen molar-refractivity contribution in [1.82, 2.24) is 24.6 Å². The lowest BCUT2D eigenvalue weighted by atomic mass is 9.96. The van der Waals surface area contributed by atoms with Gasteiger partial charge in [0.25, 0.3) is 0 Å². The minimum absolute atomic E-state index is 0.0684. The van der Waals surface area contributed by atoms with Crippen molar-refractivity contribution in [3.8, 4) is 0 Å². The number of rotatable bonds is 6. The molecule has 1 aromatic carbocycles. The van der Waals surface area contributed by atoms with Gasteiger partial charge in [0.15, 0.2) is 15.5 Å². The molecule has 1 saturated heterocycles. The molecule has 0 atom stereocenters. The summed E-state index contributed by atoms with van der Waals surface area (Å²) in [6.07, 6.45) is 8.52. The second-order valence-electron chi connectivity index (χ2n) is 9.44. The number of anilines is 3. The Morgan fingerprint density at radius 3 is 2.42 bits per heavy atom. The number of benzene rings is 1. The SMILES string of the molecule is CC(C)c1cnc(N2CCC(c3nnc4c(Nc5ccc(S(C)(=O)=O)cc5F)cccn34)CC2)nc1. The number of halogens is 1. The van der Waals surface area contributed by atoms with Crippen LogP contribution >= 0.6 is 0 Å². The smallest absolute Gasteiger partial charge is 0.225 e. The summed E-state index contributed by atoms with van der Waals surface area (Å²) in [5, 5.41) is 11.9. The number of aromatic nitrogens is 5. The van der Waals surface area contributed by atoms with Crippen molar-refractivity contribution < 1.29 is 12.8 Å². The Hall–Kier alpha value is -3.60. The average molecular weight is 510 g/mol. The summed E-state index contributed by atoms with van der Waals surface area (Å²) in [5.41, 5.74) is 2.45. The highest BCUT2D eigenvalue weighted by atomic mass is 32.2. The van der Waals surface area contributed by atoms with E-state index in [1.54, 1.807) is 6.07 Å². The zero-order chi connectivity index (χ0) is 25.4. The number of fused-ring (bicyclic) bond motifs is 1. The fourth-order valence-corrected chi connectivity index (χ4v) is 5.05. The summed E-state index contributed by atoms with van der Waals surface area (Å²) < 4.78 is 40.0. The molecule has 3 aromatic heterocycles. The number of piperidine rings is 1. The lowest BCUT2D eigenvalue weighted by Gasteiger charge is -2.31. The van der Waals surface area contributed by atoms with Gasteiger partial charge in [0.05, 0.1) is 16.3 Å². The topological polar surface area (TPSA) is 105 Å². The van der Waals surface area contributed by atoms with Crippen LogP contribution in [0.3, 0.4) is 0 Å². The fourth-order valence-electron chi connectivity index (χ4n) is 4.41. The van der Waals surface area contributed by atoms with E-state index in [1.165, 1.54) is 12.1 Å². The van der Waals surface area contributed by atoms with E-state index in [0.29, 0.717) is 17.3 Å². The van der Waals surface area contributed by atoms with Gasteiger partial charge in [-0.05, 0) is 54.7 Å². The highest BCUT2D eigenvalue weighted by Crippen LogP contribution is 2.31. The molecular formula is C25H28FN7O2S. The fraction of sp³-hybridized carbons (Fsp3) is 0.360. The standard InChI is InChI=1S/C25H28FN7O2S/c1-16(2)18-14-27-25(28-15-18)32-11-8-17(9-12-32)23-30-31-24-22(5-4-10-33(23)24)29-21-7-6-19(13-20(21)26)36(3,34)35/h4-7,10,13-17,29H,8-9,11-12H2,1-3H3. The number of pyridine rings is 1. The van der Waals surface area contributed by atoms with Crippen molar-refractivity contribution in [1.29, 1.82) is 0 Å². The molecule has 0 amide bonds. The van der Waals surface area contributed by atoms with E-state index in [0.717, 1.165) is 55.6 Å². The normalized spacial score (nSPS) is 15.1.